The first-order valence-corrected chi connectivity index (χ1v) is 5.92. The van der Waals surface area contributed by atoms with E-state index < -0.39 is 5.95 Å². The van der Waals surface area contributed by atoms with Gasteiger partial charge in [-0.3, -0.25) is 0 Å². The molecule has 2 rings (SSSR count). The van der Waals surface area contributed by atoms with Gasteiger partial charge < -0.3 is 4.90 Å². The van der Waals surface area contributed by atoms with Gasteiger partial charge in [-0.15, -0.1) is 0 Å². The molecule has 1 unspecified atom stereocenters. The molecule has 0 spiro atoms. The Bertz CT molecular complexity index is 547. The summed E-state index contributed by atoms with van der Waals surface area (Å²) < 4.78 is 13.1. The van der Waals surface area contributed by atoms with Gasteiger partial charge >= 0.3 is 0 Å². The van der Waals surface area contributed by atoms with Gasteiger partial charge in [0.2, 0.25) is 5.95 Å². The Morgan fingerprint density at radius 1 is 1.28 bits per heavy atom. The highest BCUT2D eigenvalue weighted by Crippen LogP contribution is 2.28. The molecule has 1 atom stereocenters. The Hall–Kier alpha value is -1.68. The van der Waals surface area contributed by atoms with E-state index in [9.17, 15) is 4.39 Å². The topological polar surface area (TPSA) is 29.0 Å². The minimum Gasteiger partial charge on any atom is -0.353 e. The summed E-state index contributed by atoms with van der Waals surface area (Å²) in [5, 5.41) is 0.686. The van der Waals surface area contributed by atoms with Crippen LogP contribution in [0.1, 0.15) is 18.5 Å². The van der Waals surface area contributed by atoms with Gasteiger partial charge in [0.1, 0.15) is 12.1 Å². The zero-order valence-electron chi connectivity index (χ0n) is 10.1. The number of benzene rings is 1. The zero-order valence-corrected chi connectivity index (χ0v) is 10.9. The van der Waals surface area contributed by atoms with Crippen LogP contribution in [0, 0.1) is 5.95 Å². The predicted molar refractivity (Wildman–Crippen MR) is 70.3 cm³/mol. The lowest BCUT2D eigenvalue weighted by Crippen LogP contribution is -2.23. The standard InChI is InChI=1S/C13H13ClFN3/c1-9(10-5-3-4-6-11(10)14)18(2)13-7-12(15)16-8-17-13/h3-9H,1-2H3. The van der Waals surface area contributed by atoms with Gasteiger partial charge in [0.05, 0.1) is 6.04 Å². The van der Waals surface area contributed by atoms with E-state index in [1.54, 1.807) is 0 Å². The van der Waals surface area contributed by atoms with Gasteiger partial charge in [-0.2, -0.15) is 4.39 Å². The van der Waals surface area contributed by atoms with Crippen LogP contribution < -0.4 is 4.90 Å². The zero-order chi connectivity index (χ0) is 13.1. The van der Waals surface area contributed by atoms with Crippen molar-refractivity contribution in [1.29, 1.82) is 0 Å². The first kappa shape index (κ1) is 12.8. The average Bonchev–Trinajstić information content (AvgIpc) is 2.37. The van der Waals surface area contributed by atoms with Crippen LogP contribution in [0.15, 0.2) is 36.7 Å². The van der Waals surface area contributed by atoms with Crippen LogP contribution in [0.2, 0.25) is 5.02 Å². The number of rotatable bonds is 3. The van der Waals surface area contributed by atoms with Crippen molar-refractivity contribution in [2.45, 2.75) is 13.0 Å². The molecule has 5 heteroatoms. The summed E-state index contributed by atoms with van der Waals surface area (Å²) in [5.41, 5.74) is 0.973. The molecular formula is C13H13ClFN3. The molecule has 1 aromatic carbocycles. The molecule has 1 heterocycles. The third-order valence-electron chi connectivity index (χ3n) is 2.92. The first-order valence-electron chi connectivity index (χ1n) is 5.54. The largest absolute Gasteiger partial charge is 0.353 e. The van der Waals surface area contributed by atoms with Crippen LogP contribution in [0.5, 0.6) is 0 Å². The summed E-state index contributed by atoms with van der Waals surface area (Å²) in [6.45, 7) is 1.99. The quantitative estimate of drug-likeness (QED) is 0.796. The molecule has 0 aliphatic carbocycles. The van der Waals surface area contributed by atoms with Crippen LogP contribution in [-0.2, 0) is 0 Å². The highest BCUT2D eigenvalue weighted by molar-refractivity contribution is 6.31. The van der Waals surface area contributed by atoms with Gasteiger partial charge in [0, 0.05) is 18.1 Å². The second-order valence-corrected chi connectivity index (χ2v) is 4.41. The molecule has 0 aliphatic rings. The minimum absolute atomic E-state index is 0.00648. The van der Waals surface area contributed by atoms with E-state index in [0.29, 0.717) is 10.8 Å². The molecule has 0 saturated carbocycles. The summed E-state index contributed by atoms with van der Waals surface area (Å²) in [6.07, 6.45) is 1.21. The Balaban J connectivity index is 2.29. The molecule has 1 aromatic heterocycles. The minimum atomic E-state index is -0.543. The van der Waals surface area contributed by atoms with Crippen LogP contribution in [0.4, 0.5) is 10.2 Å². The third-order valence-corrected chi connectivity index (χ3v) is 3.26. The van der Waals surface area contributed by atoms with Crippen LogP contribution in [0.3, 0.4) is 0 Å². The van der Waals surface area contributed by atoms with E-state index >= 15 is 0 Å². The maximum Gasteiger partial charge on any atom is 0.218 e. The summed E-state index contributed by atoms with van der Waals surface area (Å²) in [6, 6.07) is 8.87. The number of hydrogen-bond acceptors (Lipinski definition) is 3. The van der Waals surface area contributed by atoms with Crippen molar-refractivity contribution in [3.8, 4) is 0 Å². The number of hydrogen-bond donors (Lipinski definition) is 0. The third kappa shape index (κ3) is 2.59. The van der Waals surface area contributed by atoms with Gasteiger partial charge in [-0.05, 0) is 18.6 Å². The maximum absolute atomic E-state index is 13.1. The summed E-state index contributed by atoms with van der Waals surface area (Å²) in [7, 11) is 1.84. The molecule has 2 aromatic rings. The lowest BCUT2D eigenvalue weighted by Gasteiger charge is -2.26. The molecule has 18 heavy (non-hydrogen) atoms. The number of aromatic nitrogens is 2. The van der Waals surface area contributed by atoms with E-state index in [1.165, 1.54) is 12.4 Å². The lowest BCUT2D eigenvalue weighted by atomic mass is 10.1. The highest BCUT2D eigenvalue weighted by atomic mass is 35.5. The lowest BCUT2D eigenvalue weighted by molar-refractivity contribution is 0.576. The van der Waals surface area contributed by atoms with E-state index in [-0.39, 0.29) is 6.04 Å². The number of halogens is 2. The van der Waals surface area contributed by atoms with Crippen molar-refractivity contribution >= 4 is 17.4 Å². The Morgan fingerprint density at radius 2 is 2.00 bits per heavy atom. The van der Waals surface area contributed by atoms with Crippen molar-refractivity contribution in [1.82, 2.24) is 9.97 Å². The Morgan fingerprint density at radius 3 is 2.67 bits per heavy atom. The van der Waals surface area contributed by atoms with Crippen molar-refractivity contribution in [2.24, 2.45) is 0 Å². The van der Waals surface area contributed by atoms with E-state index in [0.717, 1.165) is 5.56 Å². The molecule has 94 valence electrons. The normalized spacial score (nSPS) is 12.2. The molecule has 0 radical (unpaired) electrons. The van der Waals surface area contributed by atoms with Gasteiger partial charge in [-0.25, -0.2) is 9.97 Å². The van der Waals surface area contributed by atoms with E-state index in [4.69, 9.17) is 11.6 Å². The fourth-order valence-corrected chi connectivity index (χ4v) is 2.03. The molecule has 0 amide bonds. The summed E-state index contributed by atoms with van der Waals surface area (Å²) in [4.78, 5) is 9.34. The molecular weight excluding hydrogens is 253 g/mol. The number of nitrogens with zero attached hydrogens (tertiary/aromatic N) is 3. The Kier molecular flexibility index (Phi) is 3.77. The summed E-state index contributed by atoms with van der Waals surface area (Å²) in [5.74, 6) is -0.0203. The second-order valence-electron chi connectivity index (χ2n) is 4.01. The summed E-state index contributed by atoms with van der Waals surface area (Å²) >= 11 is 6.15. The fourth-order valence-electron chi connectivity index (χ4n) is 1.74. The van der Waals surface area contributed by atoms with E-state index in [1.807, 2.05) is 43.1 Å². The monoisotopic (exact) mass is 265 g/mol. The first-order chi connectivity index (χ1) is 8.59. The SMILES string of the molecule is CC(c1ccccc1Cl)N(C)c1cc(F)ncn1. The molecule has 0 aliphatic heterocycles. The van der Waals surface area contributed by atoms with Crippen LogP contribution in [-0.4, -0.2) is 17.0 Å². The maximum atomic E-state index is 13.1. The van der Waals surface area contributed by atoms with Gasteiger partial charge in [0.15, 0.2) is 0 Å². The molecule has 0 N–H and O–H groups in total. The van der Waals surface area contributed by atoms with Crippen molar-refractivity contribution in [3.05, 3.63) is 53.2 Å². The van der Waals surface area contributed by atoms with Crippen molar-refractivity contribution in [3.63, 3.8) is 0 Å². The van der Waals surface area contributed by atoms with E-state index in [2.05, 4.69) is 9.97 Å². The fraction of sp³-hybridized carbons (Fsp3) is 0.231. The number of anilines is 1. The van der Waals surface area contributed by atoms with Crippen LogP contribution >= 0.6 is 11.6 Å². The van der Waals surface area contributed by atoms with Crippen molar-refractivity contribution < 1.29 is 4.39 Å². The van der Waals surface area contributed by atoms with Gasteiger partial charge in [-0.1, -0.05) is 29.8 Å². The molecule has 0 fully saturated rings. The highest BCUT2D eigenvalue weighted by Gasteiger charge is 2.16. The predicted octanol–water partition coefficient (Wildman–Crippen LogP) is 3.47. The molecule has 3 nitrogen and oxygen atoms in total. The second kappa shape index (κ2) is 5.31. The van der Waals surface area contributed by atoms with Crippen molar-refractivity contribution in [2.75, 3.05) is 11.9 Å². The molecule has 0 bridgehead atoms. The smallest absolute Gasteiger partial charge is 0.218 e. The molecule has 0 saturated heterocycles. The average molecular weight is 266 g/mol. The Labute approximate surface area is 110 Å². The van der Waals surface area contributed by atoms with Crippen LogP contribution in [0.25, 0.3) is 0 Å². The van der Waals surface area contributed by atoms with Gasteiger partial charge in [0.25, 0.3) is 0 Å².